The molecule has 0 aromatic heterocycles. The van der Waals surface area contributed by atoms with Gasteiger partial charge in [0.15, 0.2) is 0 Å². The molecule has 0 spiro atoms. The number of hydrogen-bond donors (Lipinski definition) is 2. The summed E-state index contributed by atoms with van der Waals surface area (Å²) in [5.41, 5.74) is 1.70. The molecule has 5 nitrogen and oxygen atoms in total. The number of nitrogens with one attached hydrogen (secondary N) is 2. The van der Waals surface area contributed by atoms with Crippen LogP contribution in [-0.4, -0.2) is 18.9 Å². The molecule has 0 aliphatic heterocycles. The third kappa shape index (κ3) is 5.06. The average molecular weight is 470 g/mol. The summed E-state index contributed by atoms with van der Waals surface area (Å²) < 4.78 is 6.74. The van der Waals surface area contributed by atoms with Crippen LogP contribution in [0.1, 0.15) is 24.2 Å². The number of hydrogen-bond acceptors (Lipinski definition) is 3. The lowest BCUT2D eigenvalue weighted by atomic mass is 10.1. The molecule has 0 heterocycles. The first-order valence-corrected chi connectivity index (χ1v) is 9.15. The second kappa shape index (κ2) is 8.49. The molecule has 2 rings (SSSR count). The molecular weight excluding hydrogens is 452 g/mol. The Hall–Kier alpha value is -1.86. The van der Waals surface area contributed by atoms with Gasteiger partial charge in [0.25, 0.3) is 5.91 Å². The van der Waals surface area contributed by atoms with Crippen molar-refractivity contribution in [3.05, 3.63) is 50.9 Å². The first kappa shape index (κ1) is 19.5. The highest BCUT2D eigenvalue weighted by molar-refractivity contribution is 9.11. The molecule has 7 heteroatoms. The quantitative estimate of drug-likeness (QED) is 0.642. The summed E-state index contributed by atoms with van der Waals surface area (Å²) in [5.74, 6) is 0.0154. The van der Waals surface area contributed by atoms with Gasteiger partial charge in [-0.3, -0.25) is 9.59 Å². The van der Waals surface area contributed by atoms with Crippen molar-refractivity contribution in [1.29, 1.82) is 0 Å². The van der Waals surface area contributed by atoms with Gasteiger partial charge in [0.05, 0.1) is 17.1 Å². The van der Waals surface area contributed by atoms with Gasteiger partial charge in [-0.25, -0.2) is 0 Å². The molecule has 0 aliphatic rings. The molecule has 25 heavy (non-hydrogen) atoms. The van der Waals surface area contributed by atoms with E-state index in [4.69, 9.17) is 4.74 Å². The van der Waals surface area contributed by atoms with E-state index in [-0.39, 0.29) is 17.7 Å². The predicted molar refractivity (Wildman–Crippen MR) is 106 cm³/mol. The van der Waals surface area contributed by atoms with E-state index < -0.39 is 0 Å². The molecule has 0 saturated carbocycles. The molecule has 2 N–H and O–H groups in total. The fourth-order valence-electron chi connectivity index (χ4n) is 2.06. The Balaban J connectivity index is 2.15. The van der Waals surface area contributed by atoms with Crippen LogP contribution in [0, 0.1) is 5.92 Å². The minimum absolute atomic E-state index is 0.0551. The van der Waals surface area contributed by atoms with Gasteiger partial charge in [0, 0.05) is 21.8 Å². The summed E-state index contributed by atoms with van der Waals surface area (Å²) in [6.07, 6.45) is 0. The van der Waals surface area contributed by atoms with E-state index in [0.717, 1.165) is 4.47 Å². The standard InChI is InChI=1S/C18H18Br2N2O3/c1-10(2)17(23)21-12-4-6-13(7-5-12)22-18(24)14-8-11(19)9-15(20)16(14)25-3/h4-10H,1-3H3,(H,21,23)(H,22,24). The lowest BCUT2D eigenvalue weighted by Gasteiger charge is -2.12. The molecule has 0 atom stereocenters. The zero-order valence-electron chi connectivity index (χ0n) is 14.0. The Morgan fingerprint density at radius 1 is 1.00 bits per heavy atom. The van der Waals surface area contributed by atoms with Crippen molar-refractivity contribution in [2.75, 3.05) is 17.7 Å². The van der Waals surface area contributed by atoms with Gasteiger partial charge < -0.3 is 15.4 Å². The summed E-state index contributed by atoms with van der Waals surface area (Å²) in [4.78, 5) is 24.2. The van der Waals surface area contributed by atoms with E-state index in [2.05, 4.69) is 42.5 Å². The highest BCUT2D eigenvalue weighted by Gasteiger charge is 2.16. The highest BCUT2D eigenvalue weighted by Crippen LogP contribution is 2.33. The van der Waals surface area contributed by atoms with Gasteiger partial charge >= 0.3 is 0 Å². The van der Waals surface area contributed by atoms with Gasteiger partial charge in [-0.2, -0.15) is 0 Å². The summed E-state index contributed by atoms with van der Waals surface area (Å²) in [7, 11) is 1.51. The number of ether oxygens (including phenoxy) is 1. The third-order valence-corrected chi connectivity index (χ3v) is 4.44. The molecule has 0 saturated heterocycles. The maximum Gasteiger partial charge on any atom is 0.259 e. The summed E-state index contributed by atoms with van der Waals surface area (Å²) >= 11 is 6.75. The van der Waals surface area contributed by atoms with Crippen molar-refractivity contribution in [3.63, 3.8) is 0 Å². The van der Waals surface area contributed by atoms with Gasteiger partial charge in [-0.15, -0.1) is 0 Å². The van der Waals surface area contributed by atoms with Crippen molar-refractivity contribution < 1.29 is 14.3 Å². The van der Waals surface area contributed by atoms with E-state index in [1.54, 1.807) is 30.3 Å². The summed E-state index contributed by atoms with van der Waals surface area (Å²) in [6.45, 7) is 3.65. The molecule has 132 valence electrons. The van der Waals surface area contributed by atoms with Gasteiger partial charge in [0.1, 0.15) is 5.75 Å². The summed E-state index contributed by atoms with van der Waals surface area (Å²) in [6, 6.07) is 10.4. The first-order valence-electron chi connectivity index (χ1n) is 7.57. The van der Waals surface area contributed by atoms with Crippen molar-refractivity contribution in [3.8, 4) is 5.75 Å². The topological polar surface area (TPSA) is 67.4 Å². The van der Waals surface area contributed by atoms with Crippen molar-refractivity contribution >= 4 is 55.0 Å². The number of carbonyl (C=O) groups excluding carboxylic acids is 2. The van der Waals surface area contributed by atoms with E-state index in [1.165, 1.54) is 7.11 Å². The minimum Gasteiger partial charge on any atom is -0.495 e. The van der Waals surface area contributed by atoms with E-state index in [9.17, 15) is 9.59 Å². The number of halogens is 2. The minimum atomic E-state index is -0.294. The molecule has 2 amide bonds. The summed E-state index contributed by atoms with van der Waals surface area (Å²) in [5, 5.41) is 5.62. The highest BCUT2D eigenvalue weighted by atomic mass is 79.9. The fraction of sp³-hybridized carbons (Fsp3) is 0.222. The van der Waals surface area contributed by atoms with Crippen LogP contribution in [0.2, 0.25) is 0 Å². The molecule has 0 fully saturated rings. The number of methoxy groups -OCH3 is 1. The number of rotatable bonds is 5. The lowest BCUT2D eigenvalue weighted by Crippen LogP contribution is -2.17. The van der Waals surface area contributed by atoms with Crippen molar-refractivity contribution in [2.45, 2.75) is 13.8 Å². The van der Waals surface area contributed by atoms with Crippen molar-refractivity contribution in [2.24, 2.45) is 5.92 Å². The molecular formula is C18H18Br2N2O3. The molecule has 0 radical (unpaired) electrons. The normalized spacial score (nSPS) is 10.5. The molecule has 2 aromatic rings. The van der Waals surface area contributed by atoms with Crippen molar-refractivity contribution in [1.82, 2.24) is 0 Å². The number of carbonyl (C=O) groups is 2. The number of benzene rings is 2. The van der Waals surface area contributed by atoms with E-state index in [1.807, 2.05) is 19.9 Å². The van der Waals surface area contributed by atoms with Gasteiger partial charge in [0.2, 0.25) is 5.91 Å². The molecule has 2 aromatic carbocycles. The van der Waals surface area contributed by atoms with E-state index in [0.29, 0.717) is 27.2 Å². The Morgan fingerprint density at radius 2 is 1.56 bits per heavy atom. The Kier molecular flexibility index (Phi) is 6.61. The first-order chi connectivity index (χ1) is 11.8. The molecule has 0 aliphatic carbocycles. The van der Waals surface area contributed by atoms with Crippen LogP contribution in [0.3, 0.4) is 0 Å². The average Bonchev–Trinajstić information content (AvgIpc) is 2.55. The number of anilines is 2. The largest absolute Gasteiger partial charge is 0.495 e. The Bertz CT molecular complexity index is 790. The fourth-order valence-corrected chi connectivity index (χ4v) is 3.45. The van der Waals surface area contributed by atoms with Crippen LogP contribution >= 0.6 is 31.9 Å². The zero-order chi connectivity index (χ0) is 18.6. The second-order valence-electron chi connectivity index (χ2n) is 5.64. The van der Waals surface area contributed by atoms with Crippen LogP contribution in [-0.2, 0) is 4.79 Å². The van der Waals surface area contributed by atoms with E-state index >= 15 is 0 Å². The third-order valence-electron chi connectivity index (χ3n) is 3.39. The lowest BCUT2D eigenvalue weighted by molar-refractivity contribution is -0.118. The Morgan fingerprint density at radius 3 is 2.08 bits per heavy atom. The monoisotopic (exact) mass is 468 g/mol. The van der Waals surface area contributed by atoms with Crippen LogP contribution in [0.5, 0.6) is 5.75 Å². The van der Waals surface area contributed by atoms with Gasteiger partial charge in [-0.1, -0.05) is 29.8 Å². The predicted octanol–water partition coefficient (Wildman–Crippen LogP) is 5.07. The maximum atomic E-state index is 12.5. The van der Waals surface area contributed by atoms with Crippen LogP contribution in [0.4, 0.5) is 11.4 Å². The molecule has 0 bridgehead atoms. The van der Waals surface area contributed by atoms with Crippen LogP contribution in [0.25, 0.3) is 0 Å². The number of amides is 2. The smallest absolute Gasteiger partial charge is 0.259 e. The zero-order valence-corrected chi connectivity index (χ0v) is 17.2. The SMILES string of the molecule is COc1c(Br)cc(Br)cc1C(=O)Nc1ccc(NC(=O)C(C)C)cc1. The Labute approximate surface area is 163 Å². The maximum absolute atomic E-state index is 12.5. The van der Waals surface area contributed by atoms with Crippen LogP contribution < -0.4 is 15.4 Å². The second-order valence-corrected chi connectivity index (χ2v) is 7.41. The van der Waals surface area contributed by atoms with Crippen LogP contribution in [0.15, 0.2) is 45.3 Å². The van der Waals surface area contributed by atoms with Gasteiger partial charge in [-0.05, 0) is 52.3 Å². The molecule has 0 unspecified atom stereocenters.